The second-order valence-corrected chi connectivity index (χ2v) is 5.19. The van der Waals surface area contributed by atoms with Gasteiger partial charge in [-0.2, -0.15) is 5.10 Å². The number of hydrogen-bond donors (Lipinski definition) is 2. The van der Waals surface area contributed by atoms with Crippen LogP contribution in [-0.4, -0.2) is 21.4 Å². The van der Waals surface area contributed by atoms with Crippen LogP contribution < -0.4 is 5.73 Å². The van der Waals surface area contributed by atoms with Gasteiger partial charge in [-0.3, -0.25) is 4.68 Å². The van der Waals surface area contributed by atoms with Crippen LogP contribution in [0.15, 0.2) is 0 Å². The summed E-state index contributed by atoms with van der Waals surface area (Å²) in [6, 6.07) is 0. The summed E-state index contributed by atoms with van der Waals surface area (Å²) in [5.74, 6) is 0.575. The molecule has 1 fully saturated rings. The van der Waals surface area contributed by atoms with Gasteiger partial charge in [0, 0.05) is 30.8 Å². The fourth-order valence-corrected chi connectivity index (χ4v) is 2.90. The van der Waals surface area contributed by atoms with Crippen molar-refractivity contribution in [2.45, 2.75) is 43.6 Å². The Labute approximate surface area is 95.4 Å². The van der Waals surface area contributed by atoms with E-state index in [2.05, 4.69) is 5.10 Å². The van der Waals surface area contributed by atoms with Crippen molar-refractivity contribution in [3.63, 3.8) is 0 Å². The van der Waals surface area contributed by atoms with E-state index in [1.165, 1.54) is 18.5 Å². The maximum Gasteiger partial charge on any atom is 0.105 e. The van der Waals surface area contributed by atoms with Gasteiger partial charge >= 0.3 is 0 Å². The molecule has 3 rings (SSSR count). The minimum atomic E-state index is -0.820. The highest BCUT2D eigenvalue weighted by atomic mass is 16.3. The predicted octanol–water partition coefficient (Wildman–Crippen LogP) is 0.780. The summed E-state index contributed by atoms with van der Waals surface area (Å²) in [4.78, 5) is 0. The van der Waals surface area contributed by atoms with E-state index in [0.717, 1.165) is 30.5 Å². The Morgan fingerprint density at radius 1 is 1.56 bits per heavy atom. The Morgan fingerprint density at radius 3 is 2.94 bits per heavy atom. The van der Waals surface area contributed by atoms with Gasteiger partial charge in [0.2, 0.25) is 0 Å². The number of aliphatic hydroxyl groups is 1. The normalized spacial score (nSPS) is 29.2. The molecule has 2 aliphatic rings. The molecule has 0 spiro atoms. The number of rotatable bonds is 2. The van der Waals surface area contributed by atoms with Crippen LogP contribution in [0, 0.1) is 0 Å². The summed E-state index contributed by atoms with van der Waals surface area (Å²) in [7, 11) is 1.98. The predicted molar refractivity (Wildman–Crippen MR) is 61.1 cm³/mol. The minimum Gasteiger partial charge on any atom is -0.384 e. The molecule has 0 amide bonds. The number of aryl methyl sites for hydroxylation is 1. The van der Waals surface area contributed by atoms with Crippen molar-refractivity contribution in [1.29, 1.82) is 0 Å². The van der Waals surface area contributed by atoms with E-state index in [1.54, 1.807) is 0 Å². The van der Waals surface area contributed by atoms with Gasteiger partial charge in [0.1, 0.15) is 5.60 Å². The van der Waals surface area contributed by atoms with Gasteiger partial charge in [-0.15, -0.1) is 0 Å². The topological polar surface area (TPSA) is 64.1 Å². The highest BCUT2D eigenvalue weighted by Gasteiger charge is 2.42. The Hall–Kier alpha value is -0.870. The lowest BCUT2D eigenvalue weighted by atomic mass is 9.80. The number of nitrogens with zero attached hydrogens (tertiary/aromatic N) is 2. The Bertz CT molecular complexity index is 422. The summed E-state index contributed by atoms with van der Waals surface area (Å²) in [6.07, 6.45) is 5.23. The molecule has 0 saturated heterocycles. The number of hydrogen-bond acceptors (Lipinski definition) is 3. The molecule has 1 heterocycles. The van der Waals surface area contributed by atoms with Crippen molar-refractivity contribution < 1.29 is 5.11 Å². The SMILES string of the molecule is Cn1nc(C2CC2)c2c1CCCC2(O)CN. The molecule has 0 radical (unpaired) electrons. The van der Waals surface area contributed by atoms with Gasteiger partial charge in [0.15, 0.2) is 0 Å². The lowest BCUT2D eigenvalue weighted by molar-refractivity contribution is 0.0267. The smallest absolute Gasteiger partial charge is 0.105 e. The van der Waals surface area contributed by atoms with E-state index in [4.69, 9.17) is 5.73 Å². The molecule has 4 nitrogen and oxygen atoms in total. The molecule has 1 aromatic rings. The van der Waals surface area contributed by atoms with E-state index in [9.17, 15) is 5.11 Å². The van der Waals surface area contributed by atoms with Crippen LogP contribution in [0.2, 0.25) is 0 Å². The lowest BCUT2D eigenvalue weighted by Crippen LogP contribution is -2.38. The molecule has 88 valence electrons. The van der Waals surface area contributed by atoms with E-state index < -0.39 is 5.60 Å². The maximum absolute atomic E-state index is 10.6. The monoisotopic (exact) mass is 221 g/mol. The van der Waals surface area contributed by atoms with Crippen LogP contribution in [0.4, 0.5) is 0 Å². The molecule has 0 aliphatic heterocycles. The molecule has 1 aromatic heterocycles. The van der Waals surface area contributed by atoms with Crippen molar-refractivity contribution in [1.82, 2.24) is 9.78 Å². The van der Waals surface area contributed by atoms with Crippen molar-refractivity contribution in [2.24, 2.45) is 12.8 Å². The first-order valence-corrected chi connectivity index (χ1v) is 6.14. The van der Waals surface area contributed by atoms with Crippen molar-refractivity contribution in [3.8, 4) is 0 Å². The quantitative estimate of drug-likeness (QED) is 0.775. The fourth-order valence-electron chi connectivity index (χ4n) is 2.90. The molecule has 1 atom stereocenters. The molecule has 0 bridgehead atoms. The van der Waals surface area contributed by atoms with Gasteiger partial charge in [-0.05, 0) is 32.1 Å². The molecule has 1 saturated carbocycles. The van der Waals surface area contributed by atoms with Crippen molar-refractivity contribution in [2.75, 3.05) is 6.54 Å². The average Bonchev–Trinajstić information content (AvgIpc) is 3.06. The standard InChI is InChI=1S/C12H19N3O/c1-15-9-3-2-6-12(16,7-13)10(9)11(14-15)8-4-5-8/h8,16H,2-7,13H2,1H3. The number of aromatic nitrogens is 2. The van der Waals surface area contributed by atoms with E-state index in [0.29, 0.717) is 12.5 Å². The molecule has 0 aromatic carbocycles. The first-order chi connectivity index (χ1) is 7.65. The zero-order valence-corrected chi connectivity index (χ0v) is 9.74. The van der Waals surface area contributed by atoms with Crippen LogP contribution in [0.1, 0.15) is 48.6 Å². The van der Waals surface area contributed by atoms with Crippen LogP contribution >= 0.6 is 0 Å². The van der Waals surface area contributed by atoms with Crippen molar-refractivity contribution >= 4 is 0 Å². The molecule has 2 aliphatic carbocycles. The van der Waals surface area contributed by atoms with Crippen LogP contribution in [0.5, 0.6) is 0 Å². The Balaban J connectivity index is 2.16. The summed E-state index contributed by atoms with van der Waals surface area (Å²) in [6.45, 7) is 0.311. The van der Waals surface area contributed by atoms with Crippen LogP contribution in [-0.2, 0) is 19.1 Å². The first-order valence-electron chi connectivity index (χ1n) is 6.14. The molecule has 1 unspecified atom stereocenters. The number of fused-ring (bicyclic) bond motifs is 1. The van der Waals surface area contributed by atoms with Gasteiger partial charge < -0.3 is 10.8 Å². The van der Waals surface area contributed by atoms with E-state index in [1.807, 2.05) is 11.7 Å². The third-order valence-electron chi connectivity index (χ3n) is 3.96. The van der Waals surface area contributed by atoms with Crippen LogP contribution in [0.3, 0.4) is 0 Å². The Morgan fingerprint density at radius 2 is 2.31 bits per heavy atom. The van der Waals surface area contributed by atoms with E-state index in [-0.39, 0.29) is 0 Å². The summed E-state index contributed by atoms with van der Waals surface area (Å²) >= 11 is 0. The highest BCUT2D eigenvalue weighted by molar-refractivity contribution is 5.38. The molecular formula is C12H19N3O. The molecule has 16 heavy (non-hydrogen) atoms. The average molecular weight is 221 g/mol. The zero-order valence-electron chi connectivity index (χ0n) is 9.74. The minimum absolute atomic E-state index is 0.311. The number of nitrogens with two attached hydrogens (primary N) is 1. The summed E-state index contributed by atoms with van der Waals surface area (Å²) < 4.78 is 1.95. The first kappa shape index (κ1) is 10.3. The second kappa shape index (κ2) is 3.31. The Kier molecular flexibility index (Phi) is 2.13. The molecular weight excluding hydrogens is 202 g/mol. The summed E-state index contributed by atoms with van der Waals surface area (Å²) in [5.41, 5.74) is 8.32. The second-order valence-electron chi connectivity index (χ2n) is 5.19. The van der Waals surface area contributed by atoms with E-state index >= 15 is 0 Å². The third-order valence-corrected chi connectivity index (χ3v) is 3.96. The summed E-state index contributed by atoms with van der Waals surface area (Å²) in [5, 5.41) is 15.2. The van der Waals surface area contributed by atoms with Gasteiger partial charge in [0.25, 0.3) is 0 Å². The molecule has 3 N–H and O–H groups in total. The lowest BCUT2D eigenvalue weighted by Gasteiger charge is -2.32. The third kappa shape index (κ3) is 1.33. The van der Waals surface area contributed by atoms with Crippen molar-refractivity contribution in [3.05, 3.63) is 17.0 Å². The maximum atomic E-state index is 10.6. The van der Waals surface area contributed by atoms with Gasteiger partial charge in [0.05, 0.1) is 5.69 Å². The molecule has 4 heteroatoms. The largest absolute Gasteiger partial charge is 0.384 e. The van der Waals surface area contributed by atoms with Gasteiger partial charge in [-0.1, -0.05) is 0 Å². The highest BCUT2D eigenvalue weighted by Crippen LogP contribution is 2.46. The zero-order chi connectivity index (χ0) is 11.3. The fraction of sp³-hybridized carbons (Fsp3) is 0.750. The van der Waals surface area contributed by atoms with Crippen LogP contribution in [0.25, 0.3) is 0 Å². The van der Waals surface area contributed by atoms with Gasteiger partial charge in [-0.25, -0.2) is 0 Å².